The maximum Gasteiger partial charge on any atom is 0.426 e. The van der Waals surface area contributed by atoms with Gasteiger partial charge in [-0.05, 0) is 30.2 Å². The van der Waals surface area contributed by atoms with Gasteiger partial charge in [-0.2, -0.15) is 8.42 Å². The van der Waals surface area contributed by atoms with E-state index in [-0.39, 0.29) is 17.1 Å². The number of pyridine rings is 1. The zero-order chi connectivity index (χ0) is 21.2. The number of nitrogens with one attached hydrogen (secondary N) is 1. The Morgan fingerprint density at radius 1 is 1.07 bits per heavy atom. The summed E-state index contributed by atoms with van der Waals surface area (Å²) in [5, 5.41) is -1.25. The molecule has 0 saturated heterocycles. The lowest BCUT2D eigenvalue weighted by atomic mass is 10.2. The molecule has 154 valence electrons. The largest absolute Gasteiger partial charge is 0.426 e. The van der Waals surface area contributed by atoms with Gasteiger partial charge in [-0.1, -0.05) is 38.1 Å². The summed E-state index contributed by atoms with van der Waals surface area (Å²) in [6.07, 6.45) is 0.804. The monoisotopic (exact) mass is 437 g/mol. The predicted octanol–water partition coefficient (Wildman–Crippen LogP) is 2.17. The van der Waals surface area contributed by atoms with Gasteiger partial charge in [0.05, 0.1) is 5.75 Å². The fourth-order valence-corrected chi connectivity index (χ4v) is 5.23. The topological polar surface area (TPSA) is 124 Å². The SMILES string of the molecule is CCc1ccc2nc(S(=O)(=O)CC)c(S(=O)(=O)NC(=O)Oc3ccccc3)n2c1. The maximum atomic E-state index is 13.0. The van der Waals surface area contributed by atoms with Gasteiger partial charge in [0.15, 0.2) is 19.9 Å². The standard InChI is InChI=1S/C18H19N3O6S2/c1-3-13-10-11-15-19-16(28(23,24)4-2)17(21(15)12-13)29(25,26)20-18(22)27-14-8-6-5-7-9-14/h5-12H,3-4H2,1-2H3,(H,20,22). The molecule has 0 aliphatic heterocycles. The molecule has 0 aliphatic rings. The molecular weight excluding hydrogens is 418 g/mol. The van der Waals surface area contributed by atoms with Gasteiger partial charge in [0, 0.05) is 6.20 Å². The van der Waals surface area contributed by atoms with Crippen molar-refractivity contribution in [2.75, 3.05) is 5.75 Å². The molecule has 1 N–H and O–H groups in total. The molecule has 29 heavy (non-hydrogen) atoms. The van der Waals surface area contributed by atoms with Gasteiger partial charge in [0.1, 0.15) is 11.4 Å². The van der Waals surface area contributed by atoms with Crippen molar-refractivity contribution >= 4 is 31.6 Å². The molecule has 0 fully saturated rings. The van der Waals surface area contributed by atoms with Crippen molar-refractivity contribution in [2.45, 2.75) is 30.3 Å². The van der Waals surface area contributed by atoms with E-state index in [0.29, 0.717) is 6.42 Å². The van der Waals surface area contributed by atoms with Gasteiger partial charge >= 0.3 is 6.09 Å². The third-order valence-electron chi connectivity index (χ3n) is 4.11. The van der Waals surface area contributed by atoms with Crippen LogP contribution in [-0.4, -0.2) is 38.1 Å². The zero-order valence-corrected chi connectivity index (χ0v) is 17.3. The number of carbonyl (C=O) groups is 1. The Kier molecular flexibility index (Phi) is 5.62. The Bertz CT molecular complexity index is 1270. The summed E-state index contributed by atoms with van der Waals surface area (Å²) in [6, 6.07) is 11.1. The molecule has 2 heterocycles. The van der Waals surface area contributed by atoms with Gasteiger partial charge in [-0.3, -0.25) is 4.40 Å². The van der Waals surface area contributed by atoms with Gasteiger partial charge in [-0.25, -0.2) is 22.9 Å². The summed E-state index contributed by atoms with van der Waals surface area (Å²) in [7, 11) is -8.61. The van der Waals surface area contributed by atoms with E-state index < -0.39 is 36.0 Å². The maximum absolute atomic E-state index is 13.0. The summed E-state index contributed by atoms with van der Waals surface area (Å²) < 4.78 is 58.7. The van der Waals surface area contributed by atoms with Crippen LogP contribution in [0.5, 0.6) is 5.75 Å². The lowest BCUT2D eigenvalue weighted by Gasteiger charge is -2.09. The Hall–Kier alpha value is -2.92. The molecule has 1 aromatic carbocycles. The average Bonchev–Trinajstić information content (AvgIpc) is 3.08. The van der Waals surface area contributed by atoms with Crippen LogP contribution in [0.25, 0.3) is 5.65 Å². The van der Waals surface area contributed by atoms with Crippen molar-refractivity contribution in [2.24, 2.45) is 0 Å². The van der Waals surface area contributed by atoms with Crippen molar-refractivity contribution in [3.63, 3.8) is 0 Å². The highest BCUT2D eigenvalue weighted by molar-refractivity contribution is 7.93. The molecular formula is C18H19N3O6S2. The smallest absolute Gasteiger partial charge is 0.410 e. The number of amides is 1. The Morgan fingerprint density at radius 3 is 2.38 bits per heavy atom. The van der Waals surface area contributed by atoms with E-state index in [1.165, 1.54) is 31.3 Å². The Morgan fingerprint density at radius 2 is 1.76 bits per heavy atom. The Balaban J connectivity index is 2.10. The van der Waals surface area contributed by atoms with Crippen molar-refractivity contribution in [3.8, 4) is 5.75 Å². The number of imidazole rings is 1. The number of carbonyl (C=O) groups excluding carboxylic acids is 1. The highest BCUT2D eigenvalue weighted by Gasteiger charge is 2.33. The fourth-order valence-electron chi connectivity index (χ4n) is 2.61. The number of ether oxygens (including phenoxy) is 1. The summed E-state index contributed by atoms with van der Waals surface area (Å²) in [5.41, 5.74) is 0.893. The molecule has 2 aromatic heterocycles. The number of nitrogens with zero attached hydrogens (tertiary/aromatic N) is 2. The number of fused-ring (bicyclic) bond motifs is 1. The molecule has 0 atom stereocenters. The summed E-state index contributed by atoms with van der Waals surface area (Å²) in [5.74, 6) is -0.220. The van der Waals surface area contributed by atoms with Crippen molar-refractivity contribution in [1.29, 1.82) is 0 Å². The first-order valence-electron chi connectivity index (χ1n) is 8.71. The van der Waals surface area contributed by atoms with Gasteiger partial charge in [-0.15, -0.1) is 0 Å². The van der Waals surface area contributed by atoms with Crippen LogP contribution in [0.4, 0.5) is 4.79 Å². The normalized spacial score (nSPS) is 12.1. The second-order valence-corrected chi connectivity index (χ2v) is 9.84. The van der Waals surface area contributed by atoms with Crippen LogP contribution >= 0.6 is 0 Å². The van der Waals surface area contributed by atoms with Crippen molar-refractivity contribution in [3.05, 3.63) is 54.2 Å². The molecule has 0 bridgehead atoms. The lowest BCUT2D eigenvalue weighted by Crippen LogP contribution is -2.34. The molecule has 0 unspecified atom stereocenters. The van der Waals surface area contributed by atoms with E-state index in [1.807, 2.05) is 6.92 Å². The Labute approximate surface area is 168 Å². The van der Waals surface area contributed by atoms with E-state index in [9.17, 15) is 21.6 Å². The van der Waals surface area contributed by atoms with Crippen LogP contribution < -0.4 is 9.46 Å². The van der Waals surface area contributed by atoms with Crippen molar-refractivity contribution in [1.82, 2.24) is 14.1 Å². The number of hydrogen-bond acceptors (Lipinski definition) is 7. The number of para-hydroxylation sites is 1. The first-order chi connectivity index (χ1) is 13.7. The third-order valence-corrected chi connectivity index (χ3v) is 7.21. The molecule has 1 amide bonds. The second-order valence-electron chi connectivity index (χ2n) is 6.05. The number of aromatic nitrogens is 2. The molecule has 0 spiro atoms. The highest BCUT2D eigenvalue weighted by atomic mass is 32.2. The van der Waals surface area contributed by atoms with Crippen LogP contribution in [0, 0.1) is 0 Å². The summed E-state index contributed by atoms with van der Waals surface area (Å²) >= 11 is 0. The highest BCUT2D eigenvalue weighted by Crippen LogP contribution is 2.24. The number of sulfonamides is 1. The molecule has 11 heteroatoms. The zero-order valence-electron chi connectivity index (χ0n) is 15.7. The molecule has 0 saturated carbocycles. The number of sulfone groups is 1. The predicted molar refractivity (Wildman–Crippen MR) is 105 cm³/mol. The quantitative estimate of drug-likeness (QED) is 0.627. The molecule has 3 aromatic rings. The first-order valence-corrected chi connectivity index (χ1v) is 11.8. The van der Waals surface area contributed by atoms with Gasteiger partial charge in [0.25, 0.3) is 10.0 Å². The molecule has 9 nitrogen and oxygen atoms in total. The summed E-state index contributed by atoms with van der Waals surface area (Å²) in [6.45, 7) is 3.25. The summed E-state index contributed by atoms with van der Waals surface area (Å²) in [4.78, 5) is 16.1. The minimum Gasteiger partial charge on any atom is -0.410 e. The molecule has 0 aliphatic carbocycles. The van der Waals surface area contributed by atoms with Crippen LogP contribution in [0.3, 0.4) is 0 Å². The lowest BCUT2D eigenvalue weighted by molar-refractivity contribution is 0.206. The third kappa shape index (κ3) is 4.25. The van der Waals surface area contributed by atoms with E-state index in [2.05, 4.69) is 4.98 Å². The second kappa shape index (κ2) is 7.84. The van der Waals surface area contributed by atoms with Gasteiger partial charge in [0.2, 0.25) is 0 Å². The number of aryl methyl sites for hydroxylation is 1. The minimum absolute atomic E-state index is 0.131. The van der Waals surface area contributed by atoms with E-state index in [1.54, 1.807) is 29.0 Å². The van der Waals surface area contributed by atoms with Crippen molar-refractivity contribution < 1.29 is 26.4 Å². The van der Waals surface area contributed by atoms with Crippen LogP contribution in [0.1, 0.15) is 19.4 Å². The molecule has 3 rings (SSSR count). The van der Waals surface area contributed by atoms with Crippen LogP contribution in [0.2, 0.25) is 0 Å². The minimum atomic E-state index is -4.61. The van der Waals surface area contributed by atoms with E-state index in [4.69, 9.17) is 4.74 Å². The average molecular weight is 437 g/mol. The van der Waals surface area contributed by atoms with Crippen LogP contribution in [0.15, 0.2) is 58.7 Å². The molecule has 0 radical (unpaired) electrons. The van der Waals surface area contributed by atoms with E-state index >= 15 is 0 Å². The van der Waals surface area contributed by atoms with E-state index in [0.717, 1.165) is 9.96 Å². The first kappa shape index (κ1) is 20.8. The number of rotatable bonds is 6. The fraction of sp³-hybridized carbons (Fsp3) is 0.222. The van der Waals surface area contributed by atoms with Gasteiger partial charge < -0.3 is 4.74 Å². The van der Waals surface area contributed by atoms with Crippen LogP contribution in [-0.2, 0) is 26.3 Å². The number of hydrogen-bond donors (Lipinski definition) is 1. The number of benzene rings is 1.